The molecule has 1 aliphatic rings. The van der Waals surface area contributed by atoms with Crippen molar-refractivity contribution in [3.05, 3.63) is 76.4 Å². The van der Waals surface area contributed by atoms with Gasteiger partial charge in [-0.2, -0.15) is 0 Å². The lowest BCUT2D eigenvalue weighted by atomic mass is 10.1. The Morgan fingerprint density at radius 2 is 1.72 bits per heavy atom. The summed E-state index contributed by atoms with van der Waals surface area (Å²) < 4.78 is 1.99. The van der Waals surface area contributed by atoms with Crippen molar-refractivity contribution in [3.63, 3.8) is 0 Å². The highest BCUT2D eigenvalue weighted by Crippen LogP contribution is 2.37. The predicted octanol–water partition coefficient (Wildman–Crippen LogP) is 4.26. The van der Waals surface area contributed by atoms with Crippen LogP contribution in [0.5, 0.6) is 0 Å². The molecule has 29 heavy (non-hydrogen) atoms. The highest BCUT2D eigenvalue weighted by Gasteiger charge is 2.31. The zero-order chi connectivity index (χ0) is 20.5. The predicted molar refractivity (Wildman–Crippen MR) is 114 cm³/mol. The van der Waals surface area contributed by atoms with Gasteiger partial charge in [0, 0.05) is 18.8 Å². The molecule has 3 amide bonds. The Morgan fingerprint density at radius 3 is 2.38 bits per heavy atom. The number of nitrogens with one attached hydrogen (secondary N) is 1. The minimum absolute atomic E-state index is 0.228. The third-order valence-electron chi connectivity index (χ3n) is 5.13. The number of aryl methyl sites for hydroxylation is 1. The first-order valence-corrected chi connectivity index (χ1v) is 9.72. The molecular weight excluding hydrogens is 388 g/mol. The number of amides is 3. The maximum Gasteiger partial charge on any atom is 0.322 e. The SMILES string of the molecule is Cc1ccc(NC(=O)N2CCn3c(c(C(N)=O)c(Cl)c3-c3ccccc3)C2)cc1. The van der Waals surface area contributed by atoms with E-state index < -0.39 is 5.91 Å². The Morgan fingerprint density at radius 1 is 1.03 bits per heavy atom. The van der Waals surface area contributed by atoms with E-state index in [2.05, 4.69) is 5.32 Å². The van der Waals surface area contributed by atoms with Gasteiger partial charge in [-0.15, -0.1) is 0 Å². The number of rotatable bonds is 3. The van der Waals surface area contributed by atoms with Crippen LogP contribution in [-0.2, 0) is 13.1 Å². The summed E-state index contributed by atoms with van der Waals surface area (Å²) in [6, 6.07) is 17.0. The molecule has 0 unspecified atom stereocenters. The topological polar surface area (TPSA) is 80.4 Å². The molecule has 0 saturated heterocycles. The average molecular weight is 409 g/mol. The lowest BCUT2D eigenvalue weighted by molar-refractivity contribution is 0.0997. The Bertz CT molecular complexity index is 1070. The van der Waals surface area contributed by atoms with Gasteiger partial charge in [-0.1, -0.05) is 59.6 Å². The molecule has 0 saturated carbocycles. The number of urea groups is 1. The highest BCUT2D eigenvalue weighted by atomic mass is 35.5. The third kappa shape index (κ3) is 3.59. The summed E-state index contributed by atoms with van der Waals surface area (Å²) in [7, 11) is 0. The number of carbonyl (C=O) groups is 2. The highest BCUT2D eigenvalue weighted by molar-refractivity contribution is 6.36. The fraction of sp³-hybridized carbons (Fsp3) is 0.182. The van der Waals surface area contributed by atoms with Crippen LogP contribution >= 0.6 is 11.6 Å². The molecule has 6 nitrogen and oxygen atoms in total. The minimum Gasteiger partial charge on any atom is -0.365 e. The van der Waals surface area contributed by atoms with Crippen LogP contribution in [0.1, 0.15) is 21.6 Å². The summed E-state index contributed by atoms with van der Waals surface area (Å²) in [6.07, 6.45) is 0. The lowest BCUT2D eigenvalue weighted by Crippen LogP contribution is -2.41. The summed E-state index contributed by atoms with van der Waals surface area (Å²) in [5.41, 5.74) is 10.1. The number of primary amides is 1. The minimum atomic E-state index is -0.596. The molecule has 0 fully saturated rings. The molecule has 0 aliphatic carbocycles. The molecule has 7 heteroatoms. The maximum absolute atomic E-state index is 12.8. The van der Waals surface area contributed by atoms with E-state index in [1.165, 1.54) is 0 Å². The summed E-state index contributed by atoms with van der Waals surface area (Å²) in [6.45, 7) is 3.26. The van der Waals surface area contributed by atoms with E-state index >= 15 is 0 Å². The van der Waals surface area contributed by atoms with E-state index in [0.29, 0.717) is 23.8 Å². The van der Waals surface area contributed by atoms with Gasteiger partial charge in [-0.05, 0) is 24.6 Å². The molecule has 3 N–H and O–H groups in total. The molecule has 0 atom stereocenters. The van der Waals surface area contributed by atoms with Gasteiger partial charge in [0.1, 0.15) is 0 Å². The van der Waals surface area contributed by atoms with E-state index in [1.54, 1.807) is 4.90 Å². The molecule has 1 aromatic heterocycles. The zero-order valence-electron chi connectivity index (χ0n) is 16.0. The standard InChI is InChI=1S/C22H21ClN4O2/c1-14-7-9-16(10-8-14)25-22(29)26-11-12-27-17(13-26)18(21(24)28)19(23)20(27)15-5-3-2-4-6-15/h2-10H,11-13H2,1H3,(H2,24,28)(H,25,29). The maximum atomic E-state index is 12.8. The van der Waals surface area contributed by atoms with Gasteiger partial charge in [-0.3, -0.25) is 4.79 Å². The van der Waals surface area contributed by atoms with Crippen LogP contribution in [0.15, 0.2) is 54.6 Å². The van der Waals surface area contributed by atoms with Crippen molar-refractivity contribution in [1.29, 1.82) is 0 Å². The molecule has 0 radical (unpaired) electrons. The van der Waals surface area contributed by atoms with Gasteiger partial charge in [0.15, 0.2) is 0 Å². The van der Waals surface area contributed by atoms with Gasteiger partial charge in [0.25, 0.3) is 5.91 Å². The van der Waals surface area contributed by atoms with E-state index in [9.17, 15) is 9.59 Å². The number of aromatic nitrogens is 1. The van der Waals surface area contributed by atoms with E-state index in [-0.39, 0.29) is 18.1 Å². The Hall–Kier alpha value is -3.25. The van der Waals surface area contributed by atoms with E-state index in [1.807, 2.05) is 66.1 Å². The second kappa shape index (κ2) is 7.64. The number of hydrogen-bond donors (Lipinski definition) is 2. The van der Waals surface area contributed by atoms with Crippen LogP contribution in [0.3, 0.4) is 0 Å². The second-order valence-corrected chi connectivity index (χ2v) is 7.46. The lowest BCUT2D eigenvalue weighted by Gasteiger charge is -2.30. The van der Waals surface area contributed by atoms with Crippen molar-refractivity contribution >= 4 is 29.2 Å². The Kier molecular flexibility index (Phi) is 5.03. The van der Waals surface area contributed by atoms with Crippen molar-refractivity contribution in [3.8, 4) is 11.3 Å². The smallest absolute Gasteiger partial charge is 0.322 e. The number of fused-ring (bicyclic) bond motifs is 1. The first-order valence-electron chi connectivity index (χ1n) is 9.34. The first-order chi connectivity index (χ1) is 14.0. The fourth-order valence-corrected chi connectivity index (χ4v) is 4.08. The molecule has 1 aliphatic heterocycles. The molecule has 0 bridgehead atoms. The molecule has 0 spiro atoms. The van der Waals surface area contributed by atoms with Gasteiger partial charge >= 0.3 is 6.03 Å². The van der Waals surface area contributed by atoms with Gasteiger partial charge in [0.05, 0.1) is 28.5 Å². The van der Waals surface area contributed by atoms with Gasteiger partial charge < -0.3 is 20.5 Å². The first kappa shape index (κ1) is 19.1. The molecule has 148 valence electrons. The number of anilines is 1. The van der Waals surface area contributed by atoms with E-state index in [4.69, 9.17) is 17.3 Å². The van der Waals surface area contributed by atoms with Gasteiger partial charge in [0.2, 0.25) is 0 Å². The van der Waals surface area contributed by atoms with Crippen LogP contribution in [0.4, 0.5) is 10.5 Å². The third-order valence-corrected chi connectivity index (χ3v) is 5.50. The van der Waals surface area contributed by atoms with Crippen molar-refractivity contribution in [1.82, 2.24) is 9.47 Å². The number of benzene rings is 2. The van der Waals surface area contributed by atoms with Crippen LogP contribution in [0.25, 0.3) is 11.3 Å². The fourth-order valence-electron chi connectivity index (χ4n) is 3.67. The molecular formula is C22H21ClN4O2. The molecule has 4 rings (SSSR count). The Labute approximate surface area is 173 Å². The van der Waals surface area contributed by atoms with Crippen molar-refractivity contribution in [2.45, 2.75) is 20.0 Å². The molecule has 2 aromatic carbocycles. The molecule has 3 aromatic rings. The van der Waals surface area contributed by atoms with Gasteiger partial charge in [-0.25, -0.2) is 4.79 Å². The summed E-state index contributed by atoms with van der Waals surface area (Å²) in [4.78, 5) is 26.6. The van der Waals surface area contributed by atoms with Crippen LogP contribution in [0, 0.1) is 6.92 Å². The number of hydrogen-bond acceptors (Lipinski definition) is 2. The Balaban J connectivity index is 1.66. The number of nitrogens with two attached hydrogens (primary N) is 1. The second-order valence-electron chi connectivity index (χ2n) is 7.08. The largest absolute Gasteiger partial charge is 0.365 e. The van der Waals surface area contributed by atoms with E-state index in [0.717, 1.165) is 22.5 Å². The van der Waals surface area contributed by atoms with Crippen LogP contribution in [0.2, 0.25) is 5.02 Å². The average Bonchev–Trinajstić information content (AvgIpc) is 3.01. The monoisotopic (exact) mass is 408 g/mol. The van der Waals surface area contributed by atoms with Crippen molar-refractivity contribution in [2.75, 3.05) is 11.9 Å². The summed E-state index contributed by atoms with van der Waals surface area (Å²) in [5.74, 6) is -0.596. The summed E-state index contributed by atoms with van der Waals surface area (Å²) >= 11 is 6.58. The van der Waals surface area contributed by atoms with Crippen molar-refractivity contribution < 1.29 is 9.59 Å². The van der Waals surface area contributed by atoms with Crippen LogP contribution < -0.4 is 11.1 Å². The normalized spacial score (nSPS) is 13.1. The van der Waals surface area contributed by atoms with Crippen molar-refractivity contribution in [2.24, 2.45) is 5.73 Å². The number of carbonyl (C=O) groups excluding carboxylic acids is 2. The number of nitrogens with zero attached hydrogens (tertiary/aromatic N) is 2. The zero-order valence-corrected chi connectivity index (χ0v) is 16.7. The number of halogens is 1. The summed E-state index contributed by atoms with van der Waals surface area (Å²) in [5, 5.41) is 3.23. The quantitative estimate of drug-likeness (QED) is 0.678. The van der Waals surface area contributed by atoms with Crippen LogP contribution in [-0.4, -0.2) is 28.0 Å². The molecule has 2 heterocycles.